The fourth-order valence-corrected chi connectivity index (χ4v) is 1.87. The second kappa shape index (κ2) is 3.87. The number of rotatable bonds is 3. The molecule has 0 bridgehead atoms. The van der Waals surface area contributed by atoms with Gasteiger partial charge in [0.25, 0.3) is 10.1 Å². The molecule has 0 aliphatic rings. The molecule has 0 saturated carbocycles. The van der Waals surface area contributed by atoms with E-state index >= 15 is 0 Å². The third-order valence-corrected chi connectivity index (χ3v) is 2.83. The molecule has 4 N–H and O–H groups in total. The first kappa shape index (κ1) is 11.5. The summed E-state index contributed by atoms with van der Waals surface area (Å²) in [5.41, 5.74) is 5.68. The maximum absolute atomic E-state index is 10.8. The highest BCUT2D eigenvalue weighted by atomic mass is 32.2. The first-order chi connectivity index (χ1) is 6.82. The van der Waals surface area contributed by atoms with Crippen LogP contribution in [0.3, 0.4) is 0 Å². The highest BCUT2D eigenvalue weighted by Gasteiger charge is 2.32. The Morgan fingerprint density at radius 1 is 1.27 bits per heavy atom. The standard InChI is InChI=1S/C8H9NO5S/c9-6-3-1-5(2-4-6)7(8(10)11)15(12,13)14/h1-4,7H,9H2,(H,10,11)(H,12,13,14)/t7-/m1/s1. The number of nitrogens with two attached hydrogens (primary N) is 1. The molecule has 7 heteroatoms. The van der Waals surface area contributed by atoms with Crippen LogP contribution in [-0.2, 0) is 14.9 Å². The van der Waals surface area contributed by atoms with Gasteiger partial charge in [-0.3, -0.25) is 9.35 Å². The Hall–Kier alpha value is -1.60. The lowest BCUT2D eigenvalue weighted by Gasteiger charge is -2.09. The molecule has 0 heterocycles. The third-order valence-electron chi connectivity index (χ3n) is 1.76. The van der Waals surface area contributed by atoms with Crippen molar-refractivity contribution in [2.75, 3.05) is 5.73 Å². The van der Waals surface area contributed by atoms with Gasteiger partial charge in [0, 0.05) is 5.69 Å². The summed E-state index contributed by atoms with van der Waals surface area (Å²) < 4.78 is 30.3. The fraction of sp³-hybridized carbons (Fsp3) is 0.125. The zero-order chi connectivity index (χ0) is 11.6. The van der Waals surface area contributed by atoms with Crippen molar-refractivity contribution in [1.29, 1.82) is 0 Å². The monoisotopic (exact) mass is 231 g/mol. The Balaban J connectivity index is 3.23. The van der Waals surface area contributed by atoms with Crippen molar-refractivity contribution >= 4 is 21.8 Å². The average Bonchev–Trinajstić information content (AvgIpc) is 2.05. The van der Waals surface area contributed by atoms with Crippen LogP contribution >= 0.6 is 0 Å². The molecular formula is C8H9NO5S. The minimum atomic E-state index is -4.67. The fourth-order valence-electron chi connectivity index (χ4n) is 1.11. The Morgan fingerprint density at radius 2 is 1.73 bits per heavy atom. The smallest absolute Gasteiger partial charge is 0.329 e. The van der Waals surface area contributed by atoms with E-state index in [0.717, 1.165) is 0 Å². The van der Waals surface area contributed by atoms with Gasteiger partial charge in [-0.25, -0.2) is 0 Å². The van der Waals surface area contributed by atoms with Crippen molar-refractivity contribution < 1.29 is 22.9 Å². The minimum absolute atomic E-state index is 0.0424. The number of benzene rings is 1. The molecule has 0 aliphatic carbocycles. The van der Waals surface area contributed by atoms with E-state index < -0.39 is 21.3 Å². The van der Waals surface area contributed by atoms with E-state index in [-0.39, 0.29) is 5.56 Å². The normalized spacial score (nSPS) is 13.4. The van der Waals surface area contributed by atoms with Crippen LogP contribution in [0.5, 0.6) is 0 Å². The molecule has 0 aromatic heterocycles. The number of carboxylic acid groups (broad SMARTS) is 1. The first-order valence-corrected chi connectivity index (χ1v) is 5.37. The van der Waals surface area contributed by atoms with Crippen molar-refractivity contribution in [2.24, 2.45) is 0 Å². The summed E-state index contributed by atoms with van der Waals surface area (Å²) >= 11 is 0. The molecule has 1 rings (SSSR count). The molecule has 0 fully saturated rings. The van der Waals surface area contributed by atoms with Gasteiger partial charge in [-0.15, -0.1) is 0 Å². The highest BCUT2D eigenvalue weighted by molar-refractivity contribution is 7.86. The molecule has 0 unspecified atom stereocenters. The summed E-state index contributed by atoms with van der Waals surface area (Å²) in [4.78, 5) is 10.7. The van der Waals surface area contributed by atoms with E-state index in [1.165, 1.54) is 24.3 Å². The van der Waals surface area contributed by atoms with Crippen LogP contribution in [0, 0.1) is 0 Å². The summed E-state index contributed by atoms with van der Waals surface area (Å²) in [6.07, 6.45) is 0. The lowest BCUT2D eigenvalue weighted by Crippen LogP contribution is -2.21. The lowest BCUT2D eigenvalue weighted by molar-refractivity contribution is -0.136. The maximum Gasteiger partial charge on any atom is 0.329 e. The van der Waals surface area contributed by atoms with E-state index in [2.05, 4.69) is 0 Å². The molecule has 1 aromatic rings. The zero-order valence-corrected chi connectivity index (χ0v) is 8.31. The number of anilines is 1. The maximum atomic E-state index is 10.8. The number of carboxylic acids is 1. The average molecular weight is 231 g/mol. The molecule has 1 atom stereocenters. The lowest BCUT2D eigenvalue weighted by atomic mass is 10.1. The van der Waals surface area contributed by atoms with Gasteiger partial charge in [0.05, 0.1) is 0 Å². The molecule has 0 aliphatic heterocycles. The van der Waals surface area contributed by atoms with Gasteiger partial charge in [0.15, 0.2) is 0 Å². The van der Waals surface area contributed by atoms with Gasteiger partial charge in [-0.05, 0) is 17.7 Å². The van der Waals surface area contributed by atoms with Gasteiger partial charge in [-0.2, -0.15) is 8.42 Å². The molecule has 0 saturated heterocycles. The number of aliphatic carboxylic acids is 1. The molecule has 0 spiro atoms. The SMILES string of the molecule is Nc1ccc([C@H](C(=O)O)S(=O)(=O)O)cc1. The van der Waals surface area contributed by atoms with Crippen molar-refractivity contribution in [3.8, 4) is 0 Å². The summed E-state index contributed by atoms with van der Waals surface area (Å²) in [6.45, 7) is 0. The van der Waals surface area contributed by atoms with E-state index in [9.17, 15) is 13.2 Å². The molecule has 82 valence electrons. The van der Waals surface area contributed by atoms with Crippen molar-refractivity contribution in [3.63, 3.8) is 0 Å². The Morgan fingerprint density at radius 3 is 2.07 bits per heavy atom. The van der Waals surface area contributed by atoms with Crippen LogP contribution < -0.4 is 5.73 Å². The predicted molar refractivity (Wildman–Crippen MR) is 52.8 cm³/mol. The van der Waals surface area contributed by atoms with Crippen LogP contribution in [0.25, 0.3) is 0 Å². The zero-order valence-electron chi connectivity index (χ0n) is 7.49. The Labute approximate surface area is 86.1 Å². The van der Waals surface area contributed by atoms with Gasteiger partial charge >= 0.3 is 5.97 Å². The second-order valence-corrected chi connectivity index (χ2v) is 4.40. The Kier molecular flexibility index (Phi) is 2.96. The predicted octanol–water partition coefficient (Wildman–Crippen LogP) is 0.282. The van der Waals surface area contributed by atoms with Crippen molar-refractivity contribution in [2.45, 2.75) is 5.25 Å². The van der Waals surface area contributed by atoms with Crippen molar-refractivity contribution in [3.05, 3.63) is 29.8 Å². The largest absolute Gasteiger partial charge is 0.480 e. The topological polar surface area (TPSA) is 118 Å². The van der Waals surface area contributed by atoms with Crippen LogP contribution in [0.4, 0.5) is 5.69 Å². The van der Waals surface area contributed by atoms with Crippen molar-refractivity contribution in [1.82, 2.24) is 0 Å². The van der Waals surface area contributed by atoms with Gasteiger partial charge in [-0.1, -0.05) is 12.1 Å². The first-order valence-electron chi connectivity index (χ1n) is 3.87. The highest BCUT2D eigenvalue weighted by Crippen LogP contribution is 2.22. The van der Waals surface area contributed by atoms with E-state index in [1.807, 2.05) is 0 Å². The Bertz CT molecular complexity index is 464. The van der Waals surface area contributed by atoms with Gasteiger partial charge in [0.2, 0.25) is 5.25 Å². The molecule has 0 radical (unpaired) electrons. The molecule has 0 amide bonds. The minimum Gasteiger partial charge on any atom is -0.480 e. The van der Waals surface area contributed by atoms with E-state index in [0.29, 0.717) is 5.69 Å². The number of nitrogen functional groups attached to an aromatic ring is 1. The number of carbonyl (C=O) groups is 1. The van der Waals surface area contributed by atoms with Gasteiger partial charge in [0.1, 0.15) is 0 Å². The molecular weight excluding hydrogens is 222 g/mol. The quantitative estimate of drug-likeness (QED) is 0.508. The summed E-state index contributed by atoms with van der Waals surface area (Å²) in [6, 6.07) is 5.19. The van der Waals surface area contributed by atoms with E-state index in [1.54, 1.807) is 0 Å². The number of hydrogen-bond donors (Lipinski definition) is 3. The van der Waals surface area contributed by atoms with Gasteiger partial charge < -0.3 is 10.8 Å². The molecule has 6 nitrogen and oxygen atoms in total. The van der Waals surface area contributed by atoms with Crippen LogP contribution in [-0.4, -0.2) is 24.0 Å². The van der Waals surface area contributed by atoms with E-state index in [4.69, 9.17) is 15.4 Å². The summed E-state index contributed by atoms with van der Waals surface area (Å²) in [5, 5.41) is 6.69. The summed E-state index contributed by atoms with van der Waals surface area (Å²) in [7, 11) is -4.67. The number of hydrogen-bond acceptors (Lipinski definition) is 4. The van der Waals surface area contributed by atoms with Crippen LogP contribution in [0.2, 0.25) is 0 Å². The van der Waals surface area contributed by atoms with Crippen LogP contribution in [0.15, 0.2) is 24.3 Å². The third kappa shape index (κ3) is 2.67. The van der Waals surface area contributed by atoms with Crippen LogP contribution in [0.1, 0.15) is 10.8 Å². The second-order valence-electron chi connectivity index (χ2n) is 2.90. The molecule has 1 aromatic carbocycles. The molecule has 15 heavy (non-hydrogen) atoms. The summed E-state index contributed by atoms with van der Waals surface area (Å²) in [5.74, 6) is -1.64.